The standard InChI is InChI=1S/C25H25BrN2O4/c1-30-21-8-6-19(7-9-21)25(11-13-31-14-12-25)17-28-24(29)18-5-10-23(27-16-18)32-22-4-2-3-20(26)15-22/h2-10,15-16H,11-14,17H2,1H3,(H,28,29). The summed E-state index contributed by atoms with van der Waals surface area (Å²) < 4.78 is 17.5. The Balaban J connectivity index is 1.42. The molecule has 1 fully saturated rings. The van der Waals surface area contributed by atoms with E-state index in [1.807, 2.05) is 36.4 Å². The quantitative estimate of drug-likeness (QED) is 0.491. The predicted octanol–water partition coefficient (Wildman–Crippen LogP) is 5.12. The van der Waals surface area contributed by atoms with Crippen molar-refractivity contribution in [3.05, 3.63) is 82.5 Å². The van der Waals surface area contributed by atoms with E-state index in [2.05, 4.69) is 38.4 Å². The molecule has 0 bridgehead atoms. The number of hydrogen-bond donors (Lipinski definition) is 1. The van der Waals surface area contributed by atoms with E-state index in [-0.39, 0.29) is 11.3 Å². The fourth-order valence-electron chi connectivity index (χ4n) is 3.85. The van der Waals surface area contributed by atoms with Gasteiger partial charge in [-0.25, -0.2) is 4.98 Å². The van der Waals surface area contributed by atoms with Crippen molar-refractivity contribution in [2.45, 2.75) is 18.3 Å². The molecule has 1 N–H and O–H groups in total. The lowest BCUT2D eigenvalue weighted by atomic mass is 9.74. The summed E-state index contributed by atoms with van der Waals surface area (Å²) in [4.78, 5) is 17.1. The van der Waals surface area contributed by atoms with Gasteiger partial charge in [-0.1, -0.05) is 34.1 Å². The average molecular weight is 497 g/mol. The van der Waals surface area contributed by atoms with Gasteiger partial charge in [0.25, 0.3) is 5.91 Å². The molecule has 0 saturated carbocycles. The molecule has 7 heteroatoms. The minimum absolute atomic E-state index is 0.161. The Kier molecular flexibility index (Phi) is 7.07. The number of carbonyl (C=O) groups is 1. The molecule has 2 aromatic carbocycles. The van der Waals surface area contributed by atoms with Gasteiger partial charge in [0.05, 0.1) is 12.7 Å². The van der Waals surface area contributed by atoms with Crippen LogP contribution in [-0.4, -0.2) is 37.8 Å². The largest absolute Gasteiger partial charge is 0.497 e. The molecule has 4 rings (SSSR count). The van der Waals surface area contributed by atoms with Crippen molar-refractivity contribution in [3.63, 3.8) is 0 Å². The molecule has 1 aromatic heterocycles. The third-order valence-electron chi connectivity index (χ3n) is 5.76. The number of nitrogens with zero attached hydrogens (tertiary/aromatic N) is 1. The first-order valence-electron chi connectivity index (χ1n) is 10.5. The maximum atomic E-state index is 12.8. The number of benzene rings is 2. The monoisotopic (exact) mass is 496 g/mol. The molecule has 0 aliphatic carbocycles. The lowest BCUT2D eigenvalue weighted by Crippen LogP contribution is -2.44. The Morgan fingerprint density at radius 3 is 2.53 bits per heavy atom. The van der Waals surface area contributed by atoms with E-state index in [1.54, 1.807) is 19.2 Å². The predicted molar refractivity (Wildman–Crippen MR) is 126 cm³/mol. The van der Waals surface area contributed by atoms with E-state index in [0.717, 1.165) is 23.1 Å². The number of ether oxygens (including phenoxy) is 3. The Bertz CT molecular complexity index is 1050. The lowest BCUT2D eigenvalue weighted by Gasteiger charge is -2.38. The van der Waals surface area contributed by atoms with Crippen molar-refractivity contribution >= 4 is 21.8 Å². The maximum absolute atomic E-state index is 12.8. The van der Waals surface area contributed by atoms with Crippen molar-refractivity contribution in [2.24, 2.45) is 0 Å². The van der Waals surface area contributed by atoms with Gasteiger partial charge in [0.1, 0.15) is 11.5 Å². The Morgan fingerprint density at radius 1 is 1.09 bits per heavy atom. The number of aromatic nitrogens is 1. The molecule has 0 radical (unpaired) electrons. The van der Waals surface area contributed by atoms with Crippen molar-refractivity contribution < 1.29 is 19.0 Å². The normalized spacial score (nSPS) is 15.1. The lowest BCUT2D eigenvalue weighted by molar-refractivity contribution is 0.0487. The molecule has 32 heavy (non-hydrogen) atoms. The number of nitrogens with one attached hydrogen (secondary N) is 1. The molecule has 1 aliphatic heterocycles. The van der Waals surface area contributed by atoms with Gasteiger partial charge >= 0.3 is 0 Å². The highest BCUT2D eigenvalue weighted by Crippen LogP contribution is 2.35. The van der Waals surface area contributed by atoms with Gasteiger partial charge in [-0.15, -0.1) is 0 Å². The van der Waals surface area contributed by atoms with E-state index < -0.39 is 0 Å². The molecular weight excluding hydrogens is 472 g/mol. The molecule has 166 valence electrons. The van der Waals surface area contributed by atoms with E-state index >= 15 is 0 Å². The average Bonchev–Trinajstić information content (AvgIpc) is 2.84. The minimum atomic E-state index is -0.169. The Labute approximate surface area is 196 Å². The summed E-state index contributed by atoms with van der Waals surface area (Å²) in [5, 5.41) is 3.10. The van der Waals surface area contributed by atoms with Gasteiger partial charge in [-0.3, -0.25) is 4.79 Å². The first-order chi connectivity index (χ1) is 15.6. The topological polar surface area (TPSA) is 69.7 Å². The number of amides is 1. The van der Waals surface area contributed by atoms with E-state index in [4.69, 9.17) is 14.2 Å². The van der Waals surface area contributed by atoms with Gasteiger partial charge in [0.2, 0.25) is 5.88 Å². The van der Waals surface area contributed by atoms with Crippen molar-refractivity contribution in [3.8, 4) is 17.4 Å². The molecule has 2 heterocycles. The molecule has 6 nitrogen and oxygen atoms in total. The highest BCUT2D eigenvalue weighted by atomic mass is 79.9. The molecule has 3 aromatic rings. The summed E-state index contributed by atoms with van der Waals surface area (Å²) in [6, 6.07) is 19.0. The zero-order chi connectivity index (χ0) is 22.4. The molecule has 0 unspecified atom stereocenters. The van der Waals surface area contributed by atoms with Gasteiger partial charge in [0.15, 0.2) is 0 Å². The second-order valence-corrected chi connectivity index (χ2v) is 8.66. The zero-order valence-electron chi connectivity index (χ0n) is 17.8. The van der Waals surface area contributed by atoms with Gasteiger partial charge < -0.3 is 19.5 Å². The smallest absolute Gasteiger partial charge is 0.252 e. The summed E-state index contributed by atoms with van der Waals surface area (Å²) >= 11 is 3.42. The van der Waals surface area contributed by atoms with Gasteiger partial charge in [-0.2, -0.15) is 0 Å². The first kappa shape index (κ1) is 22.3. The molecule has 0 atom stereocenters. The van der Waals surface area contributed by atoms with Crippen LogP contribution in [-0.2, 0) is 10.2 Å². The summed E-state index contributed by atoms with van der Waals surface area (Å²) in [6.45, 7) is 1.87. The van der Waals surface area contributed by atoms with Crippen LogP contribution in [0.15, 0.2) is 71.3 Å². The molecule has 1 aliphatic rings. The van der Waals surface area contributed by atoms with Crippen LogP contribution in [0.1, 0.15) is 28.8 Å². The molecule has 1 saturated heterocycles. The minimum Gasteiger partial charge on any atom is -0.497 e. The summed E-state index contributed by atoms with van der Waals surface area (Å²) in [7, 11) is 1.66. The van der Waals surface area contributed by atoms with Crippen LogP contribution < -0.4 is 14.8 Å². The van der Waals surface area contributed by atoms with Crippen molar-refractivity contribution in [2.75, 3.05) is 26.9 Å². The summed E-state index contributed by atoms with van der Waals surface area (Å²) in [6.07, 6.45) is 3.22. The van der Waals surface area contributed by atoms with Crippen LogP contribution in [0, 0.1) is 0 Å². The van der Waals surface area contributed by atoms with Crippen LogP contribution in [0.4, 0.5) is 0 Å². The van der Waals surface area contributed by atoms with Gasteiger partial charge in [0, 0.05) is 41.9 Å². The third-order valence-corrected chi connectivity index (χ3v) is 6.25. The molecule has 1 amide bonds. The number of rotatable bonds is 7. The number of hydrogen-bond acceptors (Lipinski definition) is 5. The number of halogens is 1. The highest BCUT2D eigenvalue weighted by Gasteiger charge is 2.35. The van der Waals surface area contributed by atoms with E-state index in [9.17, 15) is 4.79 Å². The van der Waals surface area contributed by atoms with Crippen LogP contribution >= 0.6 is 15.9 Å². The van der Waals surface area contributed by atoms with Crippen LogP contribution in [0.25, 0.3) is 0 Å². The second kappa shape index (κ2) is 10.1. The maximum Gasteiger partial charge on any atom is 0.252 e. The Hall–Kier alpha value is -2.90. The fraction of sp³-hybridized carbons (Fsp3) is 0.280. The number of carbonyl (C=O) groups excluding carboxylic acids is 1. The summed E-state index contributed by atoms with van der Waals surface area (Å²) in [5.74, 6) is 1.76. The van der Waals surface area contributed by atoms with Crippen LogP contribution in [0.2, 0.25) is 0 Å². The number of pyridine rings is 1. The molecule has 0 spiro atoms. The first-order valence-corrected chi connectivity index (χ1v) is 11.3. The number of methoxy groups -OCH3 is 1. The summed E-state index contributed by atoms with van der Waals surface area (Å²) in [5.41, 5.74) is 1.50. The zero-order valence-corrected chi connectivity index (χ0v) is 19.4. The van der Waals surface area contributed by atoms with Crippen molar-refractivity contribution in [1.29, 1.82) is 0 Å². The SMILES string of the molecule is COc1ccc(C2(CNC(=O)c3ccc(Oc4cccc(Br)c4)nc3)CCOCC2)cc1. The third kappa shape index (κ3) is 5.29. The van der Waals surface area contributed by atoms with Crippen LogP contribution in [0.5, 0.6) is 17.4 Å². The van der Waals surface area contributed by atoms with Crippen LogP contribution in [0.3, 0.4) is 0 Å². The van der Waals surface area contributed by atoms with E-state index in [0.29, 0.717) is 37.0 Å². The Morgan fingerprint density at radius 2 is 1.88 bits per heavy atom. The van der Waals surface area contributed by atoms with E-state index in [1.165, 1.54) is 11.8 Å². The molecular formula is C25H25BrN2O4. The second-order valence-electron chi connectivity index (χ2n) is 7.75. The van der Waals surface area contributed by atoms with Crippen molar-refractivity contribution in [1.82, 2.24) is 10.3 Å². The highest BCUT2D eigenvalue weighted by molar-refractivity contribution is 9.10. The fourth-order valence-corrected chi connectivity index (χ4v) is 4.23. The van der Waals surface area contributed by atoms with Gasteiger partial charge in [-0.05, 0) is 54.8 Å².